The molecule has 0 fully saturated rings. The molecule has 0 bridgehead atoms. The molecule has 154 valence electrons. The summed E-state index contributed by atoms with van der Waals surface area (Å²) in [7, 11) is 0. The number of amides is 2. The molecule has 0 atom stereocenters. The Morgan fingerprint density at radius 2 is 1.50 bits per heavy atom. The maximum atomic E-state index is 12.9. The maximum Gasteiger partial charge on any atom is 0.417 e. The van der Waals surface area contributed by atoms with Gasteiger partial charge in [-0.15, -0.1) is 0 Å². The highest BCUT2D eigenvalue weighted by Crippen LogP contribution is 2.35. The lowest BCUT2D eigenvalue weighted by Gasteiger charge is -2.12. The van der Waals surface area contributed by atoms with Gasteiger partial charge in [0.15, 0.2) is 0 Å². The van der Waals surface area contributed by atoms with Crippen molar-refractivity contribution in [2.75, 3.05) is 0 Å². The summed E-state index contributed by atoms with van der Waals surface area (Å²) in [4.78, 5) is 28.3. The minimum atomic E-state index is -4.72. The molecule has 2 N–H and O–H groups in total. The predicted molar refractivity (Wildman–Crippen MR) is 102 cm³/mol. The Kier molecular flexibility index (Phi) is 6.22. The molecule has 0 aliphatic rings. The molecular formula is C20H13ClF3N3O3. The molecule has 3 rings (SSSR count). The number of carbonyl (C=O) groups excluding carboxylic acids is 2. The SMILES string of the molecule is O=C(NNC(=O)c1ccc(Cl)c(C(F)(F)F)c1)c1cccc(Oc2ccncc2)c1. The van der Waals surface area contributed by atoms with Crippen LogP contribution in [0.1, 0.15) is 26.3 Å². The third-order valence-corrected chi connectivity index (χ3v) is 4.13. The van der Waals surface area contributed by atoms with E-state index in [1.807, 2.05) is 0 Å². The van der Waals surface area contributed by atoms with Crippen LogP contribution in [-0.2, 0) is 6.18 Å². The number of alkyl halides is 3. The van der Waals surface area contributed by atoms with Crippen molar-refractivity contribution in [2.45, 2.75) is 6.18 Å². The van der Waals surface area contributed by atoms with Crippen LogP contribution >= 0.6 is 11.6 Å². The Bertz CT molecular complexity index is 1080. The van der Waals surface area contributed by atoms with Gasteiger partial charge in [-0.1, -0.05) is 17.7 Å². The highest BCUT2D eigenvalue weighted by Gasteiger charge is 2.33. The summed E-state index contributed by atoms with van der Waals surface area (Å²) < 4.78 is 44.4. The van der Waals surface area contributed by atoms with Crippen molar-refractivity contribution in [3.8, 4) is 11.5 Å². The van der Waals surface area contributed by atoms with Crippen LogP contribution in [0.3, 0.4) is 0 Å². The number of benzene rings is 2. The zero-order valence-electron chi connectivity index (χ0n) is 15.0. The van der Waals surface area contributed by atoms with Gasteiger partial charge in [0.1, 0.15) is 11.5 Å². The van der Waals surface area contributed by atoms with Crippen LogP contribution in [0.15, 0.2) is 67.0 Å². The van der Waals surface area contributed by atoms with Gasteiger partial charge in [0.05, 0.1) is 10.6 Å². The number of halogens is 4. The van der Waals surface area contributed by atoms with E-state index in [2.05, 4.69) is 15.8 Å². The molecule has 1 aromatic heterocycles. The fourth-order valence-corrected chi connectivity index (χ4v) is 2.61. The Hall–Kier alpha value is -3.59. The Labute approximate surface area is 173 Å². The van der Waals surface area contributed by atoms with Gasteiger partial charge in [-0.25, -0.2) is 0 Å². The van der Waals surface area contributed by atoms with Gasteiger partial charge in [-0.05, 0) is 48.5 Å². The first-order chi connectivity index (χ1) is 14.2. The molecule has 0 aliphatic heterocycles. The molecule has 3 aromatic rings. The van der Waals surface area contributed by atoms with Gasteiger partial charge in [0.2, 0.25) is 0 Å². The summed E-state index contributed by atoms with van der Waals surface area (Å²) in [5.41, 5.74) is 2.90. The minimum Gasteiger partial charge on any atom is -0.457 e. The number of carbonyl (C=O) groups is 2. The van der Waals surface area contributed by atoms with Gasteiger partial charge in [0, 0.05) is 23.5 Å². The summed E-state index contributed by atoms with van der Waals surface area (Å²) in [6.07, 6.45) is -1.63. The van der Waals surface area contributed by atoms with Gasteiger partial charge in [0.25, 0.3) is 11.8 Å². The average Bonchev–Trinajstić information content (AvgIpc) is 2.72. The molecule has 2 aromatic carbocycles. The van der Waals surface area contributed by atoms with Gasteiger partial charge < -0.3 is 4.74 Å². The predicted octanol–water partition coefficient (Wildman–Crippen LogP) is 4.62. The van der Waals surface area contributed by atoms with Crippen LogP contribution in [0, 0.1) is 0 Å². The van der Waals surface area contributed by atoms with Crippen molar-refractivity contribution < 1.29 is 27.5 Å². The first-order valence-corrected chi connectivity index (χ1v) is 8.77. The first-order valence-electron chi connectivity index (χ1n) is 8.39. The fraction of sp³-hybridized carbons (Fsp3) is 0.0500. The third-order valence-electron chi connectivity index (χ3n) is 3.81. The normalized spacial score (nSPS) is 10.9. The smallest absolute Gasteiger partial charge is 0.417 e. The molecule has 6 nitrogen and oxygen atoms in total. The number of rotatable bonds is 4. The van der Waals surface area contributed by atoms with Crippen LogP contribution < -0.4 is 15.6 Å². The van der Waals surface area contributed by atoms with Crippen molar-refractivity contribution in [2.24, 2.45) is 0 Å². The second-order valence-corrected chi connectivity index (χ2v) is 6.32. The van der Waals surface area contributed by atoms with Crippen LogP contribution in [-0.4, -0.2) is 16.8 Å². The van der Waals surface area contributed by atoms with Crippen molar-refractivity contribution in [3.63, 3.8) is 0 Å². The molecule has 2 amide bonds. The van der Waals surface area contributed by atoms with E-state index in [-0.39, 0.29) is 11.1 Å². The molecule has 0 unspecified atom stereocenters. The minimum absolute atomic E-state index is 0.161. The zero-order chi connectivity index (χ0) is 21.7. The monoisotopic (exact) mass is 435 g/mol. The van der Waals surface area contributed by atoms with Crippen molar-refractivity contribution in [1.82, 2.24) is 15.8 Å². The van der Waals surface area contributed by atoms with Crippen LogP contribution in [0.5, 0.6) is 11.5 Å². The summed E-state index contributed by atoms with van der Waals surface area (Å²) in [5.74, 6) is -0.741. The van der Waals surface area contributed by atoms with E-state index in [1.54, 1.807) is 36.7 Å². The van der Waals surface area contributed by atoms with E-state index in [1.165, 1.54) is 12.1 Å². The topological polar surface area (TPSA) is 80.3 Å². The van der Waals surface area contributed by atoms with Crippen LogP contribution in [0.2, 0.25) is 5.02 Å². The second kappa shape index (κ2) is 8.83. The molecule has 0 radical (unpaired) electrons. The summed E-state index contributed by atoms with van der Waals surface area (Å²) in [6, 6.07) is 12.1. The standard InChI is InChI=1S/C20H13ClF3N3O3/c21-17-5-4-13(11-16(17)20(22,23)24)19(29)27-26-18(28)12-2-1-3-15(10-12)30-14-6-8-25-9-7-14/h1-11H,(H,26,28)(H,27,29). The van der Waals surface area contributed by atoms with E-state index >= 15 is 0 Å². The zero-order valence-corrected chi connectivity index (χ0v) is 15.8. The molecule has 10 heteroatoms. The van der Waals surface area contributed by atoms with E-state index in [4.69, 9.17) is 16.3 Å². The first kappa shape index (κ1) is 21.1. The molecular weight excluding hydrogens is 423 g/mol. The lowest BCUT2D eigenvalue weighted by molar-refractivity contribution is -0.137. The van der Waals surface area contributed by atoms with E-state index in [0.29, 0.717) is 17.6 Å². The Balaban J connectivity index is 1.66. The van der Waals surface area contributed by atoms with Crippen LogP contribution in [0.4, 0.5) is 13.2 Å². The maximum absolute atomic E-state index is 12.9. The van der Waals surface area contributed by atoms with E-state index < -0.39 is 28.6 Å². The van der Waals surface area contributed by atoms with Crippen molar-refractivity contribution in [3.05, 3.63) is 88.7 Å². The Morgan fingerprint density at radius 3 is 2.13 bits per heavy atom. The molecule has 0 saturated heterocycles. The second-order valence-electron chi connectivity index (χ2n) is 5.91. The van der Waals surface area contributed by atoms with Gasteiger partial charge in [-0.2, -0.15) is 13.2 Å². The lowest BCUT2D eigenvalue weighted by atomic mass is 10.1. The third kappa shape index (κ3) is 5.26. The average molecular weight is 436 g/mol. The molecule has 0 aliphatic carbocycles. The number of nitrogens with zero attached hydrogens (tertiary/aromatic N) is 1. The number of hydrazine groups is 1. The summed E-state index contributed by atoms with van der Waals surface area (Å²) in [6.45, 7) is 0. The number of nitrogens with one attached hydrogen (secondary N) is 2. The molecule has 30 heavy (non-hydrogen) atoms. The number of hydrogen-bond donors (Lipinski definition) is 2. The van der Waals surface area contributed by atoms with Gasteiger partial charge in [-0.3, -0.25) is 25.4 Å². The number of aromatic nitrogens is 1. The molecule has 0 spiro atoms. The van der Waals surface area contributed by atoms with Crippen LogP contribution in [0.25, 0.3) is 0 Å². The summed E-state index contributed by atoms with van der Waals surface area (Å²) in [5, 5.41) is -0.533. The van der Waals surface area contributed by atoms with Gasteiger partial charge >= 0.3 is 6.18 Å². The highest BCUT2D eigenvalue weighted by atomic mass is 35.5. The lowest BCUT2D eigenvalue weighted by Crippen LogP contribution is -2.41. The molecule has 0 saturated carbocycles. The van der Waals surface area contributed by atoms with E-state index in [0.717, 1.165) is 12.1 Å². The van der Waals surface area contributed by atoms with Crippen molar-refractivity contribution in [1.29, 1.82) is 0 Å². The van der Waals surface area contributed by atoms with E-state index in [9.17, 15) is 22.8 Å². The number of ether oxygens (including phenoxy) is 1. The number of hydrogen-bond acceptors (Lipinski definition) is 4. The summed E-state index contributed by atoms with van der Waals surface area (Å²) >= 11 is 5.53. The fourth-order valence-electron chi connectivity index (χ4n) is 2.38. The highest BCUT2D eigenvalue weighted by molar-refractivity contribution is 6.31. The van der Waals surface area contributed by atoms with Crippen molar-refractivity contribution >= 4 is 23.4 Å². The molecule has 1 heterocycles. The number of pyridine rings is 1. The Morgan fingerprint density at radius 1 is 0.867 bits per heavy atom. The largest absolute Gasteiger partial charge is 0.457 e. The quantitative estimate of drug-likeness (QED) is 0.586.